The Morgan fingerprint density at radius 3 is 2.54 bits per heavy atom. The highest BCUT2D eigenvalue weighted by Gasteiger charge is 2.25. The molecular formula is C17H23N3O3S3. The first-order chi connectivity index (χ1) is 12.3. The van der Waals surface area contributed by atoms with Crippen molar-refractivity contribution in [1.29, 1.82) is 0 Å². The lowest BCUT2D eigenvalue weighted by atomic mass is 10.2. The highest BCUT2D eigenvalue weighted by atomic mass is 32.2. The molecule has 0 spiro atoms. The lowest BCUT2D eigenvalue weighted by Crippen LogP contribution is -2.46. The fourth-order valence-corrected chi connectivity index (χ4v) is 4.90. The number of aromatic nitrogens is 1. The van der Waals surface area contributed by atoms with Gasteiger partial charge in [0.15, 0.2) is 0 Å². The molecule has 9 heteroatoms. The van der Waals surface area contributed by atoms with Crippen LogP contribution in [0.4, 0.5) is 0 Å². The number of hydrogen-bond donors (Lipinski definition) is 2. The Morgan fingerprint density at radius 2 is 1.96 bits per heavy atom. The van der Waals surface area contributed by atoms with Crippen LogP contribution in [0.1, 0.15) is 23.2 Å². The third kappa shape index (κ3) is 6.08. The topological polar surface area (TPSA) is 88.2 Å². The van der Waals surface area contributed by atoms with Crippen LogP contribution in [0.15, 0.2) is 34.0 Å². The number of carbonyl (C=O) groups excluding carboxylic acids is 1. The van der Waals surface area contributed by atoms with E-state index in [0.717, 1.165) is 16.8 Å². The molecule has 1 aromatic carbocycles. The van der Waals surface area contributed by atoms with Gasteiger partial charge in [0, 0.05) is 5.38 Å². The summed E-state index contributed by atoms with van der Waals surface area (Å²) in [5, 5.41) is 4.60. The predicted molar refractivity (Wildman–Crippen MR) is 107 cm³/mol. The third-order valence-electron chi connectivity index (χ3n) is 3.66. The highest BCUT2D eigenvalue weighted by molar-refractivity contribution is 7.98. The average Bonchev–Trinajstić information content (AvgIpc) is 3.09. The standard InChI is InChI=1S/C17H23N3O3S3/c1-12-6-13(2)8-15(7-12)26(22,23)20-16(4-5-24-3)17(21)18-9-14-10-25-11-19-14/h6-8,10-11,16,20H,4-5,9H2,1-3H3,(H,18,21). The van der Waals surface area contributed by atoms with E-state index in [9.17, 15) is 13.2 Å². The van der Waals surface area contributed by atoms with Crippen LogP contribution in [0.5, 0.6) is 0 Å². The maximum Gasteiger partial charge on any atom is 0.241 e. The molecule has 6 nitrogen and oxygen atoms in total. The Hall–Kier alpha value is -1.42. The van der Waals surface area contributed by atoms with Crippen molar-refractivity contribution in [3.63, 3.8) is 0 Å². The summed E-state index contributed by atoms with van der Waals surface area (Å²) in [4.78, 5) is 16.8. The number of sulfonamides is 1. The highest BCUT2D eigenvalue weighted by Crippen LogP contribution is 2.15. The van der Waals surface area contributed by atoms with Gasteiger partial charge in [-0.25, -0.2) is 13.4 Å². The van der Waals surface area contributed by atoms with Gasteiger partial charge in [0.25, 0.3) is 0 Å². The SMILES string of the molecule is CSCCC(NS(=O)(=O)c1cc(C)cc(C)c1)C(=O)NCc1cscn1. The summed E-state index contributed by atoms with van der Waals surface area (Å²) < 4.78 is 28.0. The normalized spacial score (nSPS) is 12.7. The molecule has 2 rings (SSSR count). The number of thiazole rings is 1. The van der Waals surface area contributed by atoms with Crippen molar-refractivity contribution < 1.29 is 13.2 Å². The summed E-state index contributed by atoms with van der Waals surface area (Å²) >= 11 is 3.01. The molecule has 0 saturated carbocycles. The van der Waals surface area contributed by atoms with Crippen LogP contribution in [0, 0.1) is 13.8 Å². The molecule has 0 aliphatic rings. The predicted octanol–water partition coefficient (Wildman–Crippen LogP) is 2.48. The molecule has 0 radical (unpaired) electrons. The number of aryl methyl sites for hydroxylation is 2. The van der Waals surface area contributed by atoms with Gasteiger partial charge < -0.3 is 5.32 Å². The zero-order valence-corrected chi connectivity index (χ0v) is 17.4. The molecule has 0 aliphatic heterocycles. The van der Waals surface area contributed by atoms with E-state index >= 15 is 0 Å². The Bertz CT molecular complexity index is 816. The van der Waals surface area contributed by atoms with E-state index < -0.39 is 16.1 Å². The van der Waals surface area contributed by atoms with Crippen molar-refractivity contribution in [2.24, 2.45) is 0 Å². The zero-order valence-electron chi connectivity index (χ0n) is 15.0. The number of hydrogen-bond acceptors (Lipinski definition) is 6. The van der Waals surface area contributed by atoms with Gasteiger partial charge in [0.05, 0.1) is 22.6 Å². The van der Waals surface area contributed by atoms with Gasteiger partial charge in [-0.2, -0.15) is 16.5 Å². The van der Waals surface area contributed by atoms with E-state index in [-0.39, 0.29) is 17.3 Å². The summed E-state index contributed by atoms with van der Waals surface area (Å²) in [6.07, 6.45) is 2.33. The van der Waals surface area contributed by atoms with Gasteiger partial charge in [-0.3, -0.25) is 4.79 Å². The molecule has 1 amide bonds. The largest absolute Gasteiger partial charge is 0.349 e. The molecular weight excluding hydrogens is 390 g/mol. The lowest BCUT2D eigenvalue weighted by molar-refractivity contribution is -0.122. The third-order valence-corrected chi connectivity index (χ3v) is 6.39. The quantitative estimate of drug-likeness (QED) is 0.659. The van der Waals surface area contributed by atoms with Crippen molar-refractivity contribution in [1.82, 2.24) is 15.0 Å². The molecule has 0 saturated heterocycles. The molecule has 0 bridgehead atoms. The Morgan fingerprint density at radius 1 is 1.27 bits per heavy atom. The van der Waals surface area contributed by atoms with Crippen LogP contribution in [-0.2, 0) is 21.4 Å². The number of nitrogens with one attached hydrogen (secondary N) is 2. The molecule has 1 aromatic heterocycles. The molecule has 26 heavy (non-hydrogen) atoms. The molecule has 2 aromatic rings. The first-order valence-electron chi connectivity index (χ1n) is 8.06. The first-order valence-corrected chi connectivity index (χ1v) is 11.9. The molecule has 142 valence electrons. The number of benzene rings is 1. The maximum atomic E-state index is 12.7. The van der Waals surface area contributed by atoms with Gasteiger partial charge in [0.1, 0.15) is 6.04 Å². The Kier molecular flexibility index (Phi) is 7.63. The smallest absolute Gasteiger partial charge is 0.241 e. The minimum absolute atomic E-state index is 0.177. The molecule has 1 heterocycles. The molecule has 0 fully saturated rings. The molecule has 1 atom stereocenters. The van der Waals surface area contributed by atoms with E-state index in [0.29, 0.717) is 12.2 Å². The minimum Gasteiger partial charge on any atom is -0.349 e. The monoisotopic (exact) mass is 413 g/mol. The summed E-state index contributed by atoms with van der Waals surface area (Å²) in [5.41, 5.74) is 4.16. The average molecular weight is 414 g/mol. The lowest BCUT2D eigenvalue weighted by Gasteiger charge is -2.18. The first kappa shape index (κ1) is 20.9. The van der Waals surface area contributed by atoms with Gasteiger partial charge in [-0.05, 0) is 55.5 Å². The minimum atomic E-state index is -3.79. The fourth-order valence-electron chi connectivity index (χ4n) is 2.45. The number of nitrogens with zero attached hydrogens (tertiary/aromatic N) is 1. The van der Waals surface area contributed by atoms with E-state index in [1.54, 1.807) is 29.4 Å². The van der Waals surface area contributed by atoms with E-state index in [1.165, 1.54) is 11.3 Å². The second kappa shape index (κ2) is 9.50. The van der Waals surface area contributed by atoms with Crippen LogP contribution in [0.3, 0.4) is 0 Å². The van der Waals surface area contributed by atoms with Crippen molar-refractivity contribution in [2.45, 2.75) is 37.8 Å². The second-order valence-electron chi connectivity index (χ2n) is 5.98. The van der Waals surface area contributed by atoms with Gasteiger partial charge in [-0.15, -0.1) is 11.3 Å². The van der Waals surface area contributed by atoms with Crippen molar-refractivity contribution in [3.8, 4) is 0 Å². The fraction of sp³-hybridized carbons (Fsp3) is 0.412. The van der Waals surface area contributed by atoms with Gasteiger partial charge in [-0.1, -0.05) is 6.07 Å². The number of carbonyl (C=O) groups is 1. The Labute approximate surface area is 162 Å². The molecule has 0 aliphatic carbocycles. The van der Waals surface area contributed by atoms with E-state index in [1.807, 2.05) is 31.5 Å². The summed E-state index contributed by atoms with van der Waals surface area (Å²) in [6.45, 7) is 3.97. The van der Waals surface area contributed by atoms with E-state index in [2.05, 4.69) is 15.0 Å². The van der Waals surface area contributed by atoms with Crippen LogP contribution < -0.4 is 10.0 Å². The van der Waals surface area contributed by atoms with Gasteiger partial charge >= 0.3 is 0 Å². The van der Waals surface area contributed by atoms with Crippen LogP contribution >= 0.6 is 23.1 Å². The van der Waals surface area contributed by atoms with E-state index in [4.69, 9.17) is 0 Å². The Balaban J connectivity index is 2.13. The summed E-state index contributed by atoms with van der Waals surface area (Å²) in [6, 6.07) is 4.29. The van der Waals surface area contributed by atoms with Crippen molar-refractivity contribution >= 4 is 39.0 Å². The molecule has 1 unspecified atom stereocenters. The van der Waals surface area contributed by atoms with Crippen LogP contribution in [-0.4, -0.2) is 37.4 Å². The zero-order chi connectivity index (χ0) is 19.2. The number of rotatable bonds is 9. The van der Waals surface area contributed by atoms with Crippen molar-refractivity contribution in [2.75, 3.05) is 12.0 Å². The van der Waals surface area contributed by atoms with Crippen molar-refractivity contribution in [3.05, 3.63) is 45.9 Å². The second-order valence-corrected chi connectivity index (χ2v) is 9.39. The summed E-state index contributed by atoms with van der Waals surface area (Å²) in [5.74, 6) is 0.324. The summed E-state index contributed by atoms with van der Waals surface area (Å²) in [7, 11) is -3.79. The van der Waals surface area contributed by atoms with Crippen LogP contribution in [0.2, 0.25) is 0 Å². The number of amides is 1. The van der Waals surface area contributed by atoms with Crippen LogP contribution in [0.25, 0.3) is 0 Å². The van der Waals surface area contributed by atoms with Gasteiger partial charge in [0.2, 0.25) is 15.9 Å². The maximum absolute atomic E-state index is 12.7. The molecule has 2 N–H and O–H groups in total. The number of thioether (sulfide) groups is 1.